The topological polar surface area (TPSA) is 84.8 Å². The Bertz CT molecular complexity index is 1430. The van der Waals surface area contributed by atoms with Crippen molar-refractivity contribution in [3.63, 3.8) is 0 Å². The molecule has 7 nitrogen and oxygen atoms in total. The SMILES string of the molecule is Cc1c(-c2nc3n(n2)CC(c2cccc(OC(F)(F)F)c2)NC3)[nH]c2ccc(F)cc2c1=O. The molecule has 0 fully saturated rings. The number of nitrogens with zero attached hydrogens (tertiary/aromatic N) is 3. The molecule has 0 radical (unpaired) electrons. The summed E-state index contributed by atoms with van der Waals surface area (Å²) in [6.45, 7) is 2.26. The largest absolute Gasteiger partial charge is 0.573 e. The Morgan fingerprint density at radius 3 is 2.79 bits per heavy atom. The van der Waals surface area contributed by atoms with Crippen LogP contribution >= 0.6 is 0 Å². The molecule has 3 heterocycles. The van der Waals surface area contributed by atoms with Crippen LogP contribution in [0.1, 0.15) is 23.0 Å². The molecule has 1 aliphatic rings. The van der Waals surface area contributed by atoms with Gasteiger partial charge in [-0.3, -0.25) is 4.79 Å². The molecule has 1 atom stereocenters. The van der Waals surface area contributed by atoms with Crippen molar-refractivity contribution in [2.45, 2.75) is 32.4 Å². The monoisotopic (exact) mass is 459 g/mol. The van der Waals surface area contributed by atoms with Gasteiger partial charge >= 0.3 is 6.36 Å². The van der Waals surface area contributed by atoms with Crippen molar-refractivity contribution >= 4 is 10.9 Å². The van der Waals surface area contributed by atoms with E-state index in [4.69, 9.17) is 0 Å². The van der Waals surface area contributed by atoms with E-state index in [0.717, 1.165) is 0 Å². The molecule has 0 amide bonds. The lowest BCUT2D eigenvalue weighted by Gasteiger charge is -2.24. The first-order valence-corrected chi connectivity index (χ1v) is 10.0. The van der Waals surface area contributed by atoms with Gasteiger partial charge in [-0.15, -0.1) is 18.3 Å². The van der Waals surface area contributed by atoms with Gasteiger partial charge in [0.25, 0.3) is 0 Å². The maximum Gasteiger partial charge on any atom is 0.573 e. The van der Waals surface area contributed by atoms with Gasteiger partial charge in [-0.25, -0.2) is 14.1 Å². The first kappa shape index (κ1) is 21.1. The van der Waals surface area contributed by atoms with Gasteiger partial charge < -0.3 is 15.0 Å². The minimum absolute atomic E-state index is 0.239. The van der Waals surface area contributed by atoms with Gasteiger partial charge in [0.15, 0.2) is 11.3 Å². The van der Waals surface area contributed by atoms with Crippen LogP contribution in [-0.2, 0) is 13.1 Å². The van der Waals surface area contributed by atoms with E-state index in [-0.39, 0.29) is 22.6 Å². The van der Waals surface area contributed by atoms with Crippen molar-refractivity contribution in [3.05, 3.63) is 75.5 Å². The molecule has 33 heavy (non-hydrogen) atoms. The molecule has 1 aliphatic heterocycles. The highest BCUT2D eigenvalue weighted by molar-refractivity contribution is 5.82. The average molecular weight is 459 g/mol. The lowest BCUT2D eigenvalue weighted by molar-refractivity contribution is -0.274. The second-order valence-corrected chi connectivity index (χ2v) is 7.73. The second kappa shape index (κ2) is 7.69. The molecule has 0 saturated heterocycles. The van der Waals surface area contributed by atoms with Gasteiger partial charge in [0.05, 0.1) is 30.3 Å². The number of halogens is 4. The number of aromatic amines is 1. The zero-order valence-electron chi connectivity index (χ0n) is 17.2. The Balaban J connectivity index is 1.46. The molecule has 0 bridgehead atoms. The fourth-order valence-corrected chi connectivity index (χ4v) is 3.94. The van der Waals surface area contributed by atoms with E-state index in [1.165, 1.54) is 36.4 Å². The number of alkyl halides is 3. The molecule has 2 N–H and O–H groups in total. The summed E-state index contributed by atoms with van der Waals surface area (Å²) in [6, 6.07) is 9.37. The lowest BCUT2D eigenvalue weighted by Crippen LogP contribution is -2.33. The molecule has 0 aliphatic carbocycles. The number of benzene rings is 2. The van der Waals surface area contributed by atoms with Gasteiger partial charge in [-0.2, -0.15) is 0 Å². The van der Waals surface area contributed by atoms with Crippen LogP contribution in [0.25, 0.3) is 22.4 Å². The Hall–Kier alpha value is -3.73. The minimum Gasteiger partial charge on any atom is -0.406 e. The van der Waals surface area contributed by atoms with Gasteiger partial charge in [0, 0.05) is 10.9 Å². The van der Waals surface area contributed by atoms with Crippen molar-refractivity contribution in [3.8, 4) is 17.3 Å². The first-order chi connectivity index (χ1) is 15.7. The van der Waals surface area contributed by atoms with Crippen molar-refractivity contribution in [2.75, 3.05) is 0 Å². The number of aromatic nitrogens is 4. The number of H-pyrrole nitrogens is 1. The third-order valence-corrected chi connectivity index (χ3v) is 5.53. The molecule has 11 heteroatoms. The molecule has 4 aromatic rings. The van der Waals surface area contributed by atoms with E-state index >= 15 is 0 Å². The van der Waals surface area contributed by atoms with Gasteiger partial charge in [-0.1, -0.05) is 12.1 Å². The number of hydrogen-bond acceptors (Lipinski definition) is 5. The highest BCUT2D eigenvalue weighted by Crippen LogP contribution is 2.28. The minimum atomic E-state index is -4.77. The Morgan fingerprint density at radius 2 is 2.00 bits per heavy atom. The van der Waals surface area contributed by atoms with Gasteiger partial charge in [-0.05, 0) is 42.8 Å². The van der Waals surface area contributed by atoms with Crippen LogP contribution in [0.4, 0.5) is 17.6 Å². The fourth-order valence-electron chi connectivity index (χ4n) is 3.94. The lowest BCUT2D eigenvalue weighted by atomic mass is 10.1. The number of fused-ring (bicyclic) bond motifs is 2. The molecule has 0 saturated carbocycles. The summed E-state index contributed by atoms with van der Waals surface area (Å²) >= 11 is 0. The zero-order chi connectivity index (χ0) is 23.3. The number of ether oxygens (including phenoxy) is 1. The smallest absolute Gasteiger partial charge is 0.406 e. The molecule has 2 aromatic heterocycles. The summed E-state index contributed by atoms with van der Waals surface area (Å²) in [7, 11) is 0. The van der Waals surface area contributed by atoms with Crippen LogP contribution < -0.4 is 15.5 Å². The van der Waals surface area contributed by atoms with Crippen molar-refractivity contribution in [1.29, 1.82) is 0 Å². The van der Waals surface area contributed by atoms with Gasteiger partial charge in [0.2, 0.25) is 0 Å². The third-order valence-electron chi connectivity index (χ3n) is 5.53. The summed E-state index contributed by atoms with van der Waals surface area (Å²) in [5.41, 5.74) is 1.54. The molecule has 5 rings (SSSR count). The van der Waals surface area contributed by atoms with E-state index in [1.54, 1.807) is 17.7 Å². The number of pyridine rings is 1. The van der Waals surface area contributed by atoms with Crippen LogP contribution in [0, 0.1) is 12.7 Å². The van der Waals surface area contributed by atoms with E-state index < -0.39 is 12.2 Å². The normalized spacial score (nSPS) is 16.1. The van der Waals surface area contributed by atoms with Crippen LogP contribution in [0.3, 0.4) is 0 Å². The molecule has 2 aromatic carbocycles. The van der Waals surface area contributed by atoms with Gasteiger partial charge in [0.1, 0.15) is 17.4 Å². The van der Waals surface area contributed by atoms with Crippen LogP contribution in [0.15, 0.2) is 47.3 Å². The predicted octanol–water partition coefficient (Wildman–Crippen LogP) is 3.98. The zero-order valence-corrected chi connectivity index (χ0v) is 17.2. The summed E-state index contributed by atoms with van der Waals surface area (Å²) < 4.78 is 56.9. The Labute approximate surface area is 184 Å². The fraction of sp³-hybridized carbons (Fsp3) is 0.227. The summed E-state index contributed by atoms with van der Waals surface area (Å²) in [5, 5.41) is 7.99. The summed E-state index contributed by atoms with van der Waals surface area (Å²) in [5.74, 6) is 0.121. The highest BCUT2D eigenvalue weighted by atomic mass is 19.4. The van der Waals surface area contributed by atoms with Crippen molar-refractivity contribution in [2.24, 2.45) is 0 Å². The van der Waals surface area contributed by atoms with Crippen LogP contribution in [-0.4, -0.2) is 26.1 Å². The summed E-state index contributed by atoms with van der Waals surface area (Å²) in [6.07, 6.45) is -4.77. The van der Waals surface area contributed by atoms with E-state index in [1.807, 2.05) is 0 Å². The standard InChI is InChI=1S/C22H17F4N5O2/c1-11-19(28-16-6-5-13(23)8-15(16)20(11)32)21-29-18-9-27-17(10-31(18)30-21)12-3-2-4-14(7-12)33-22(24,25)26/h2-8,17,27H,9-10H2,1H3,(H,28,32). The third kappa shape index (κ3) is 4.07. The van der Waals surface area contributed by atoms with E-state index in [9.17, 15) is 22.4 Å². The number of hydrogen-bond donors (Lipinski definition) is 2. The number of nitrogens with one attached hydrogen (secondary N) is 2. The first-order valence-electron chi connectivity index (χ1n) is 10.0. The Kier molecular flexibility index (Phi) is 4.93. The average Bonchev–Trinajstić information content (AvgIpc) is 3.18. The van der Waals surface area contributed by atoms with Crippen LogP contribution in [0.2, 0.25) is 0 Å². The highest BCUT2D eigenvalue weighted by Gasteiger charge is 2.31. The van der Waals surface area contributed by atoms with E-state index in [0.29, 0.717) is 47.1 Å². The predicted molar refractivity (Wildman–Crippen MR) is 111 cm³/mol. The van der Waals surface area contributed by atoms with Crippen molar-refractivity contribution in [1.82, 2.24) is 25.1 Å². The number of rotatable bonds is 3. The molecule has 1 unspecified atom stereocenters. The second-order valence-electron chi connectivity index (χ2n) is 7.73. The molecule has 0 spiro atoms. The maximum atomic E-state index is 13.6. The quantitative estimate of drug-likeness (QED) is 0.453. The van der Waals surface area contributed by atoms with Crippen LogP contribution in [0.5, 0.6) is 5.75 Å². The molecular weight excluding hydrogens is 442 g/mol. The van der Waals surface area contributed by atoms with Crippen molar-refractivity contribution < 1.29 is 22.3 Å². The molecule has 170 valence electrons. The summed E-state index contributed by atoms with van der Waals surface area (Å²) in [4.78, 5) is 20.4. The van der Waals surface area contributed by atoms with E-state index in [2.05, 4.69) is 25.1 Å². The Morgan fingerprint density at radius 1 is 1.18 bits per heavy atom. The maximum absolute atomic E-state index is 13.6. The molecular formula is C22H17F4N5O2.